The number of benzene rings is 1. The van der Waals surface area contributed by atoms with E-state index in [1.165, 1.54) is 23.5 Å². The largest absolute Gasteiger partial charge is 0.416 e. The smallest absolute Gasteiger partial charge is 0.265 e. The molecule has 2 heterocycles. The molecular weight excluding hydrogens is 297 g/mol. The van der Waals surface area contributed by atoms with Crippen molar-refractivity contribution in [1.82, 2.24) is 9.97 Å². The van der Waals surface area contributed by atoms with E-state index in [1.807, 2.05) is 17.5 Å². The van der Waals surface area contributed by atoms with E-state index < -0.39 is 11.7 Å². The highest BCUT2D eigenvalue weighted by Gasteiger charge is 2.30. The number of pyridine rings is 1. The standard InChI is InChI=1S/C15H9F3N2S/c16-15(17,18)12-3-1-10(2-4-12)13-9-21-14(20-13)11-5-7-19-8-6-11/h1-9H. The Morgan fingerprint density at radius 1 is 0.857 bits per heavy atom. The Kier molecular flexibility index (Phi) is 3.47. The van der Waals surface area contributed by atoms with Crippen molar-refractivity contribution in [2.24, 2.45) is 0 Å². The molecule has 0 aliphatic rings. The van der Waals surface area contributed by atoms with Crippen LogP contribution < -0.4 is 0 Å². The Bertz CT molecular complexity index is 734. The first-order valence-corrected chi connectivity index (χ1v) is 6.95. The average Bonchev–Trinajstić information content (AvgIpc) is 2.97. The van der Waals surface area contributed by atoms with Gasteiger partial charge in [-0.3, -0.25) is 4.98 Å². The third-order valence-corrected chi connectivity index (χ3v) is 3.83. The molecular formula is C15H9F3N2S. The first kappa shape index (κ1) is 13.8. The molecule has 0 radical (unpaired) electrons. The van der Waals surface area contributed by atoms with Crippen LogP contribution in [0.15, 0.2) is 54.2 Å². The molecule has 0 unspecified atom stereocenters. The van der Waals surface area contributed by atoms with Crippen LogP contribution in [-0.4, -0.2) is 9.97 Å². The van der Waals surface area contributed by atoms with Crippen LogP contribution in [-0.2, 0) is 6.18 Å². The molecule has 6 heteroatoms. The zero-order chi connectivity index (χ0) is 14.9. The van der Waals surface area contributed by atoms with Gasteiger partial charge in [-0.15, -0.1) is 11.3 Å². The van der Waals surface area contributed by atoms with Gasteiger partial charge in [0.1, 0.15) is 5.01 Å². The van der Waals surface area contributed by atoms with E-state index in [1.54, 1.807) is 12.4 Å². The highest BCUT2D eigenvalue weighted by molar-refractivity contribution is 7.13. The lowest BCUT2D eigenvalue weighted by molar-refractivity contribution is -0.137. The summed E-state index contributed by atoms with van der Waals surface area (Å²) >= 11 is 1.45. The molecule has 0 aliphatic heterocycles. The molecule has 0 saturated heterocycles. The first-order chi connectivity index (χ1) is 10.0. The van der Waals surface area contributed by atoms with Gasteiger partial charge in [0.05, 0.1) is 11.3 Å². The molecule has 1 aromatic carbocycles. The summed E-state index contributed by atoms with van der Waals surface area (Å²) in [6, 6.07) is 8.70. The van der Waals surface area contributed by atoms with Crippen LogP contribution in [0, 0.1) is 0 Å². The lowest BCUT2D eigenvalue weighted by atomic mass is 10.1. The number of hydrogen-bond donors (Lipinski definition) is 0. The highest BCUT2D eigenvalue weighted by Crippen LogP contribution is 2.32. The zero-order valence-electron chi connectivity index (χ0n) is 10.6. The summed E-state index contributed by atoms with van der Waals surface area (Å²) in [5.74, 6) is 0. The average molecular weight is 306 g/mol. The fourth-order valence-corrected chi connectivity index (χ4v) is 2.70. The van der Waals surface area contributed by atoms with E-state index in [0.717, 1.165) is 22.7 Å². The van der Waals surface area contributed by atoms with Crippen molar-refractivity contribution in [2.75, 3.05) is 0 Å². The number of rotatable bonds is 2. The molecule has 0 saturated carbocycles. The Labute approximate surface area is 122 Å². The molecule has 21 heavy (non-hydrogen) atoms. The number of alkyl halides is 3. The summed E-state index contributed by atoms with van der Waals surface area (Å²) in [5, 5.41) is 2.64. The van der Waals surface area contributed by atoms with Gasteiger partial charge in [0.15, 0.2) is 0 Å². The quantitative estimate of drug-likeness (QED) is 0.673. The molecule has 106 valence electrons. The van der Waals surface area contributed by atoms with Crippen LogP contribution in [0.5, 0.6) is 0 Å². The number of halogens is 3. The van der Waals surface area contributed by atoms with Crippen LogP contribution in [0.1, 0.15) is 5.56 Å². The molecule has 0 aliphatic carbocycles. The number of nitrogens with zero attached hydrogens (tertiary/aromatic N) is 2. The van der Waals surface area contributed by atoms with E-state index in [2.05, 4.69) is 9.97 Å². The highest BCUT2D eigenvalue weighted by atomic mass is 32.1. The minimum Gasteiger partial charge on any atom is -0.265 e. The predicted octanol–water partition coefficient (Wildman–Crippen LogP) is 4.89. The summed E-state index contributed by atoms with van der Waals surface area (Å²) < 4.78 is 37.6. The van der Waals surface area contributed by atoms with Gasteiger partial charge in [0.2, 0.25) is 0 Å². The Morgan fingerprint density at radius 2 is 1.52 bits per heavy atom. The molecule has 0 fully saturated rings. The number of aromatic nitrogens is 2. The van der Waals surface area contributed by atoms with Gasteiger partial charge in [-0.25, -0.2) is 4.98 Å². The fraction of sp³-hybridized carbons (Fsp3) is 0.0667. The second-order valence-electron chi connectivity index (χ2n) is 4.35. The third kappa shape index (κ3) is 2.95. The van der Waals surface area contributed by atoms with Gasteiger partial charge >= 0.3 is 6.18 Å². The number of hydrogen-bond acceptors (Lipinski definition) is 3. The zero-order valence-corrected chi connectivity index (χ0v) is 11.4. The van der Waals surface area contributed by atoms with E-state index in [0.29, 0.717) is 11.3 Å². The molecule has 3 aromatic rings. The van der Waals surface area contributed by atoms with Crippen molar-refractivity contribution in [2.45, 2.75) is 6.18 Å². The lowest BCUT2D eigenvalue weighted by Gasteiger charge is -2.06. The van der Waals surface area contributed by atoms with Crippen molar-refractivity contribution >= 4 is 11.3 Å². The second-order valence-corrected chi connectivity index (χ2v) is 5.21. The fourth-order valence-electron chi connectivity index (χ4n) is 1.86. The summed E-state index contributed by atoms with van der Waals surface area (Å²) in [4.78, 5) is 8.39. The Morgan fingerprint density at radius 3 is 2.14 bits per heavy atom. The normalized spacial score (nSPS) is 11.6. The van der Waals surface area contributed by atoms with E-state index in [-0.39, 0.29) is 0 Å². The maximum Gasteiger partial charge on any atom is 0.416 e. The van der Waals surface area contributed by atoms with Crippen LogP contribution in [0.2, 0.25) is 0 Å². The van der Waals surface area contributed by atoms with E-state index >= 15 is 0 Å². The maximum atomic E-state index is 12.5. The summed E-state index contributed by atoms with van der Waals surface area (Å²) in [6.07, 6.45) is -0.966. The van der Waals surface area contributed by atoms with Gasteiger partial charge in [0.25, 0.3) is 0 Å². The summed E-state index contributed by atoms with van der Waals surface area (Å²) in [5.41, 5.74) is 1.61. The van der Waals surface area contributed by atoms with E-state index in [9.17, 15) is 13.2 Å². The van der Waals surface area contributed by atoms with E-state index in [4.69, 9.17) is 0 Å². The monoisotopic (exact) mass is 306 g/mol. The van der Waals surface area contributed by atoms with Gasteiger partial charge in [0, 0.05) is 28.9 Å². The lowest BCUT2D eigenvalue weighted by Crippen LogP contribution is -2.03. The third-order valence-electron chi connectivity index (χ3n) is 2.94. The van der Waals surface area contributed by atoms with Crippen molar-refractivity contribution in [3.8, 4) is 21.8 Å². The molecule has 0 atom stereocenters. The topological polar surface area (TPSA) is 25.8 Å². The summed E-state index contributed by atoms with van der Waals surface area (Å²) in [6.45, 7) is 0. The predicted molar refractivity (Wildman–Crippen MR) is 75.8 cm³/mol. The van der Waals surface area contributed by atoms with Crippen LogP contribution in [0.3, 0.4) is 0 Å². The molecule has 0 spiro atoms. The van der Waals surface area contributed by atoms with Crippen molar-refractivity contribution in [3.05, 3.63) is 59.7 Å². The SMILES string of the molecule is FC(F)(F)c1ccc(-c2csc(-c3ccncc3)n2)cc1. The van der Waals surface area contributed by atoms with Crippen molar-refractivity contribution in [1.29, 1.82) is 0 Å². The van der Waals surface area contributed by atoms with Crippen LogP contribution in [0.4, 0.5) is 13.2 Å². The molecule has 0 N–H and O–H groups in total. The summed E-state index contributed by atoms with van der Waals surface area (Å²) in [7, 11) is 0. The second kappa shape index (κ2) is 5.29. The van der Waals surface area contributed by atoms with Gasteiger partial charge in [-0.2, -0.15) is 13.2 Å². The Balaban J connectivity index is 1.90. The molecule has 2 aromatic heterocycles. The number of thiazole rings is 1. The molecule has 2 nitrogen and oxygen atoms in total. The van der Waals surface area contributed by atoms with Crippen molar-refractivity contribution < 1.29 is 13.2 Å². The Hall–Kier alpha value is -2.21. The van der Waals surface area contributed by atoms with Crippen molar-refractivity contribution in [3.63, 3.8) is 0 Å². The minimum atomic E-state index is -4.32. The molecule has 0 bridgehead atoms. The van der Waals surface area contributed by atoms with Gasteiger partial charge in [-0.1, -0.05) is 12.1 Å². The molecule has 0 amide bonds. The minimum absolute atomic E-state index is 0.657. The van der Waals surface area contributed by atoms with Crippen LogP contribution >= 0.6 is 11.3 Å². The first-order valence-electron chi connectivity index (χ1n) is 6.07. The van der Waals surface area contributed by atoms with Gasteiger partial charge < -0.3 is 0 Å². The van der Waals surface area contributed by atoms with Gasteiger partial charge in [-0.05, 0) is 24.3 Å². The van der Waals surface area contributed by atoms with Crippen LogP contribution in [0.25, 0.3) is 21.8 Å². The molecule has 3 rings (SSSR count). The maximum absolute atomic E-state index is 12.5.